The van der Waals surface area contributed by atoms with E-state index in [9.17, 15) is 4.79 Å². The molecule has 0 fully saturated rings. The third-order valence-electron chi connectivity index (χ3n) is 3.77. The summed E-state index contributed by atoms with van der Waals surface area (Å²) in [5.41, 5.74) is 3.01. The molecule has 0 heterocycles. The summed E-state index contributed by atoms with van der Waals surface area (Å²) >= 11 is 1.48. The highest BCUT2D eigenvalue weighted by atomic mass is 32.2. The van der Waals surface area contributed by atoms with Gasteiger partial charge in [-0.3, -0.25) is 4.79 Å². The predicted molar refractivity (Wildman–Crippen MR) is 99.4 cm³/mol. The van der Waals surface area contributed by atoms with Gasteiger partial charge in [-0.1, -0.05) is 18.2 Å². The van der Waals surface area contributed by atoms with Crippen LogP contribution in [-0.2, 0) is 4.79 Å². The molecule has 1 N–H and O–H groups in total. The Morgan fingerprint density at radius 2 is 1.67 bits per heavy atom. The van der Waals surface area contributed by atoms with Crippen LogP contribution in [0.15, 0.2) is 41.3 Å². The zero-order valence-electron chi connectivity index (χ0n) is 14.7. The van der Waals surface area contributed by atoms with Crippen LogP contribution in [0.4, 0.5) is 5.69 Å². The van der Waals surface area contributed by atoms with E-state index in [1.165, 1.54) is 11.8 Å². The predicted octanol–water partition coefficient (Wildman–Crippen LogP) is 4.44. The molecular formula is C19H23NO3S. The fraction of sp³-hybridized carbons (Fsp3) is 0.316. The summed E-state index contributed by atoms with van der Waals surface area (Å²) in [7, 11) is 3.20. The maximum Gasteiger partial charge on any atom is 0.237 e. The number of carbonyl (C=O) groups is 1. The van der Waals surface area contributed by atoms with Gasteiger partial charge in [0.2, 0.25) is 5.91 Å². The number of thioether (sulfide) groups is 1. The van der Waals surface area contributed by atoms with Gasteiger partial charge in [-0.15, -0.1) is 11.8 Å². The smallest absolute Gasteiger partial charge is 0.237 e. The quantitative estimate of drug-likeness (QED) is 0.786. The maximum absolute atomic E-state index is 12.5. The molecule has 24 heavy (non-hydrogen) atoms. The van der Waals surface area contributed by atoms with Crippen molar-refractivity contribution in [3.63, 3.8) is 0 Å². The second-order valence-electron chi connectivity index (χ2n) is 5.53. The Morgan fingerprint density at radius 3 is 2.25 bits per heavy atom. The van der Waals surface area contributed by atoms with Gasteiger partial charge >= 0.3 is 0 Å². The van der Waals surface area contributed by atoms with E-state index >= 15 is 0 Å². The summed E-state index contributed by atoms with van der Waals surface area (Å²) in [5, 5.41) is 2.80. The van der Waals surface area contributed by atoms with Crippen LogP contribution in [0, 0.1) is 13.8 Å². The summed E-state index contributed by atoms with van der Waals surface area (Å²) in [6, 6.07) is 11.6. The Kier molecular flexibility index (Phi) is 6.15. The minimum atomic E-state index is -0.234. The van der Waals surface area contributed by atoms with Crippen LogP contribution < -0.4 is 14.8 Å². The largest absolute Gasteiger partial charge is 0.493 e. The third-order valence-corrected chi connectivity index (χ3v) is 4.86. The number of carbonyl (C=O) groups excluding carboxylic acids is 1. The number of aryl methyl sites for hydroxylation is 2. The average molecular weight is 345 g/mol. The molecular weight excluding hydrogens is 322 g/mol. The first-order valence-corrected chi connectivity index (χ1v) is 8.60. The molecule has 2 aromatic carbocycles. The molecule has 0 aromatic heterocycles. The van der Waals surface area contributed by atoms with Gasteiger partial charge in [0.15, 0.2) is 11.5 Å². The molecule has 1 amide bonds. The fourth-order valence-corrected chi connectivity index (χ4v) is 3.28. The third kappa shape index (κ3) is 4.23. The van der Waals surface area contributed by atoms with Crippen LogP contribution in [0.3, 0.4) is 0 Å². The van der Waals surface area contributed by atoms with Crippen molar-refractivity contribution in [2.45, 2.75) is 30.9 Å². The Labute approximate surface area is 147 Å². The van der Waals surface area contributed by atoms with Crippen molar-refractivity contribution in [3.05, 3.63) is 47.5 Å². The van der Waals surface area contributed by atoms with Gasteiger partial charge in [-0.25, -0.2) is 0 Å². The molecule has 0 radical (unpaired) electrons. The van der Waals surface area contributed by atoms with Crippen molar-refractivity contribution in [3.8, 4) is 11.5 Å². The number of anilines is 1. The zero-order chi connectivity index (χ0) is 17.7. The minimum absolute atomic E-state index is 0.0211. The molecule has 2 rings (SSSR count). The van der Waals surface area contributed by atoms with E-state index in [-0.39, 0.29) is 11.2 Å². The van der Waals surface area contributed by atoms with Crippen molar-refractivity contribution in [1.29, 1.82) is 0 Å². The van der Waals surface area contributed by atoms with E-state index in [0.29, 0.717) is 11.5 Å². The van der Waals surface area contributed by atoms with Gasteiger partial charge < -0.3 is 14.8 Å². The number of para-hydroxylation sites is 1. The molecule has 0 aliphatic carbocycles. The summed E-state index contributed by atoms with van der Waals surface area (Å²) in [6.45, 7) is 5.88. The van der Waals surface area contributed by atoms with Crippen molar-refractivity contribution >= 4 is 23.4 Å². The van der Waals surface area contributed by atoms with Crippen LogP contribution in [-0.4, -0.2) is 25.4 Å². The lowest BCUT2D eigenvalue weighted by molar-refractivity contribution is -0.115. The van der Waals surface area contributed by atoms with Crippen LogP contribution >= 0.6 is 11.8 Å². The number of benzene rings is 2. The van der Waals surface area contributed by atoms with Crippen molar-refractivity contribution in [2.24, 2.45) is 0 Å². The van der Waals surface area contributed by atoms with Crippen LogP contribution in [0.25, 0.3) is 0 Å². The number of methoxy groups -OCH3 is 2. The Morgan fingerprint density at radius 1 is 1.04 bits per heavy atom. The Balaban J connectivity index is 2.09. The highest BCUT2D eigenvalue weighted by Crippen LogP contribution is 2.34. The highest BCUT2D eigenvalue weighted by molar-refractivity contribution is 8.00. The standard InChI is InChI=1S/C19H23NO3S/c1-12-7-6-8-13(2)18(12)20-19(21)14(3)24-15-9-10-16(22-4)17(11-15)23-5/h6-11,14H,1-5H3,(H,20,21)/t14-/m1/s1. The monoisotopic (exact) mass is 345 g/mol. The van der Waals surface area contributed by atoms with Gasteiger partial charge in [0.1, 0.15) is 0 Å². The van der Waals surface area contributed by atoms with Crippen molar-refractivity contribution in [2.75, 3.05) is 19.5 Å². The van der Waals surface area contributed by atoms with Crippen molar-refractivity contribution < 1.29 is 14.3 Å². The summed E-state index contributed by atoms with van der Waals surface area (Å²) < 4.78 is 10.5. The summed E-state index contributed by atoms with van der Waals surface area (Å²) in [5.74, 6) is 1.31. The van der Waals surface area contributed by atoms with E-state index < -0.39 is 0 Å². The van der Waals surface area contributed by atoms with Crippen LogP contribution in [0.5, 0.6) is 11.5 Å². The first kappa shape index (κ1) is 18.2. The Bertz CT molecular complexity index is 710. The number of nitrogens with one attached hydrogen (secondary N) is 1. The molecule has 0 unspecified atom stereocenters. The van der Waals surface area contributed by atoms with E-state index in [0.717, 1.165) is 21.7 Å². The number of hydrogen-bond donors (Lipinski definition) is 1. The molecule has 2 aromatic rings. The number of ether oxygens (including phenoxy) is 2. The number of rotatable bonds is 6. The second kappa shape index (κ2) is 8.11. The molecule has 0 bridgehead atoms. The fourth-order valence-electron chi connectivity index (χ4n) is 2.38. The van der Waals surface area contributed by atoms with Gasteiger partial charge in [0.05, 0.1) is 19.5 Å². The first-order chi connectivity index (χ1) is 11.5. The SMILES string of the molecule is COc1ccc(S[C@H](C)C(=O)Nc2c(C)cccc2C)cc1OC. The Hall–Kier alpha value is -2.14. The minimum Gasteiger partial charge on any atom is -0.493 e. The molecule has 0 aliphatic rings. The lowest BCUT2D eigenvalue weighted by Gasteiger charge is -2.16. The van der Waals surface area contributed by atoms with Gasteiger partial charge in [0.25, 0.3) is 0 Å². The molecule has 0 aliphatic heterocycles. The lowest BCUT2D eigenvalue weighted by Crippen LogP contribution is -2.23. The highest BCUT2D eigenvalue weighted by Gasteiger charge is 2.17. The van der Waals surface area contributed by atoms with E-state index in [4.69, 9.17) is 9.47 Å². The molecule has 5 heteroatoms. The average Bonchev–Trinajstić information content (AvgIpc) is 2.57. The molecule has 0 spiro atoms. The zero-order valence-corrected chi connectivity index (χ0v) is 15.5. The van der Waals surface area contributed by atoms with E-state index in [2.05, 4.69) is 5.32 Å². The molecule has 1 atom stereocenters. The van der Waals surface area contributed by atoms with Crippen LogP contribution in [0.2, 0.25) is 0 Å². The van der Waals surface area contributed by atoms with E-state index in [1.807, 2.05) is 57.2 Å². The van der Waals surface area contributed by atoms with Gasteiger partial charge in [0, 0.05) is 10.6 Å². The molecule has 128 valence electrons. The van der Waals surface area contributed by atoms with Crippen LogP contribution in [0.1, 0.15) is 18.1 Å². The summed E-state index contributed by atoms with van der Waals surface area (Å²) in [6.07, 6.45) is 0. The number of hydrogen-bond acceptors (Lipinski definition) is 4. The summed E-state index contributed by atoms with van der Waals surface area (Å²) in [4.78, 5) is 13.5. The van der Waals surface area contributed by atoms with Gasteiger partial charge in [-0.2, -0.15) is 0 Å². The first-order valence-electron chi connectivity index (χ1n) is 7.72. The topological polar surface area (TPSA) is 47.6 Å². The second-order valence-corrected chi connectivity index (χ2v) is 6.95. The maximum atomic E-state index is 12.5. The molecule has 0 saturated carbocycles. The lowest BCUT2D eigenvalue weighted by atomic mass is 10.1. The molecule has 0 saturated heterocycles. The van der Waals surface area contributed by atoms with Gasteiger partial charge in [-0.05, 0) is 50.1 Å². The number of amides is 1. The normalized spacial score (nSPS) is 11.7. The molecule has 4 nitrogen and oxygen atoms in total. The van der Waals surface area contributed by atoms with Crippen molar-refractivity contribution in [1.82, 2.24) is 0 Å². The van der Waals surface area contributed by atoms with E-state index in [1.54, 1.807) is 14.2 Å².